The largest absolute Gasteiger partial charge is 0.507 e. The minimum atomic E-state index is -0.242. The summed E-state index contributed by atoms with van der Waals surface area (Å²) < 4.78 is 5.37. The van der Waals surface area contributed by atoms with E-state index in [1.54, 1.807) is 42.3 Å². The van der Waals surface area contributed by atoms with Crippen molar-refractivity contribution in [1.29, 1.82) is 0 Å². The third-order valence-electron chi connectivity index (χ3n) is 5.96. The van der Waals surface area contributed by atoms with E-state index in [-0.39, 0.29) is 29.0 Å². The Balaban J connectivity index is 1.81. The van der Waals surface area contributed by atoms with Gasteiger partial charge in [-0.05, 0) is 43.3 Å². The SMILES string of the molecule is COc1cc(O)c(C(=O)N2CCc3ncc(N(C)C(=O)/C=C/CN(C)C)cc3C2)cc1C(C)C. The predicted octanol–water partition coefficient (Wildman–Crippen LogP) is 3.20. The van der Waals surface area contributed by atoms with Gasteiger partial charge in [0.15, 0.2) is 0 Å². The molecule has 1 aliphatic heterocycles. The number of nitrogens with zero attached hydrogens (tertiary/aromatic N) is 4. The van der Waals surface area contributed by atoms with E-state index in [1.165, 1.54) is 6.07 Å². The minimum Gasteiger partial charge on any atom is -0.507 e. The van der Waals surface area contributed by atoms with Crippen LogP contribution in [0.15, 0.2) is 36.5 Å². The molecule has 3 rings (SSSR count). The van der Waals surface area contributed by atoms with Crippen molar-refractivity contribution in [2.45, 2.75) is 32.7 Å². The predicted molar refractivity (Wildman–Crippen MR) is 133 cm³/mol. The molecule has 0 atom stereocenters. The van der Waals surface area contributed by atoms with Gasteiger partial charge in [-0.1, -0.05) is 19.9 Å². The maximum Gasteiger partial charge on any atom is 0.257 e. The number of methoxy groups -OCH3 is 1. The first-order valence-corrected chi connectivity index (χ1v) is 11.4. The first-order chi connectivity index (χ1) is 16.1. The van der Waals surface area contributed by atoms with Gasteiger partial charge in [0.25, 0.3) is 5.91 Å². The average molecular weight is 467 g/mol. The number of phenols is 1. The average Bonchev–Trinajstić information content (AvgIpc) is 2.81. The fraction of sp³-hybridized carbons (Fsp3) is 0.423. The highest BCUT2D eigenvalue weighted by Gasteiger charge is 2.26. The zero-order chi connectivity index (χ0) is 25.0. The van der Waals surface area contributed by atoms with Crippen molar-refractivity contribution in [1.82, 2.24) is 14.8 Å². The zero-order valence-electron chi connectivity index (χ0n) is 20.8. The van der Waals surface area contributed by atoms with Crippen molar-refractivity contribution in [2.24, 2.45) is 0 Å². The van der Waals surface area contributed by atoms with Crippen LogP contribution in [0.2, 0.25) is 0 Å². The zero-order valence-corrected chi connectivity index (χ0v) is 20.8. The van der Waals surface area contributed by atoms with Crippen LogP contribution < -0.4 is 9.64 Å². The summed E-state index contributed by atoms with van der Waals surface area (Å²) in [5.74, 6) is 0.217. The number of carbonyl (C=O) groups excluding carboxylic acids is 2. The summed E-state index contributed by atoms with van der Waals surface area (Å²) in [6.07, 6.45) is 5.67. The normalized spacial score (nSPS) is 13.5. The van der Waals surface area contributed by atoms with Crippen molar-refractivity contribution < 1.29 is 19.4 Å². The van der Waals surface area contributed by atoms with Gasteiger partial charge >= 0.3 is 0 Å². The van der Waals surface area contributed by atoms with Crippen molar-refractivity contribution >= 4 is 17.5 Å². The standard InChI is InChI=1S/C26H34N4O4/c1-17(2)20-13-21(23(31)14-24(20)34-6)26(33)30-11-9-22-18(16-30)12-19(15-27-22)29(5)25(32)8-7-10-28(3)4/h7-8,12-15,17,31H,9-11,16H2,1-6H3/b8-7+. The number of likely N-dealkylation sites (N-methyl/N-ethyl adjacent to an activating group) is 2. The number of benzene rings is 1. The topological polar surface area (TPSA) is 86.2 Å². The highest BCUT2D eigenvalue weighted by molar-refractivity contribution is 6.01. The monoisotopic (exact) mass is 466 g/mol. The van der Waals surface area contributed by atoms with Crippen molar-refractivity contribution in [3.63, 3.8) is 0 Å². The molecule has 0 spiro atoms. The molecule has 1 aromatic carbocycles. The molecule has 0 aliphatic carbocycles. The van der Waals surface area contributed by atoms with Gasteiger partial charge in [0, 0.05) is 50.9 Å². The van der Waals surface area contributed by atoms with E-state index in [1.807, 2.05) is 45.0 Å². The van der Waals surface area contributed by atoms with E-state index < -0.39 is 0 Å². The maximum atomic E-state index is 13.3. The molecule has 2 aromatic rings. The lowest BCUT2D eigenvalue weighted by molar-refractivity contribution is -0.113. The number of amides is 2. The lowest BCUT2D eigenvalue weighted by Crippen LogP contribution is -2.36. The molecule has 182 valence electrons. The van der Waals surface area contributed by atoms with Crippen molar-refractivity contribution in [2.75, 3.05) is 46.2 Å². The number of ether oxygens (including phenoxy) is 1. The number of aromatic hydroxyl groups is 1. The van der Waals surface area contributed by atoms with Crippen LogP contribution in [0.1, 0.15) is 46.9 Å². The van der Waals surface area contributed by atoms with Gasteiger partial charge in [0.1, 0.15) is 11.5 Å². The number of hydrogen-bond donors (Lipinski definition) is 1. The third kappa shape index (κ3) is 5.56. The molecule has 0 unspecified atom stereocenters. The minimum absolute atomic E-state index is 0.0984. The number of aromatic nitrogens is 1. The molecular formula is C26H34N4O4. The summed E-state index contributed by atoms with van der Waals surface area (Å²) in [7, 11) is 7.14. The molecule has 34 heavy (non-hydrogen) atoms. The summed E-state index contributed by atoms with van der Waals surface area (Å²) in [6.45, 7) is 5.57. The van der Waals surface area contributed by atoms with Gasteiger partial charge in [-0.3, -0.25) is 14.6 Å². The quantitative estimate of drug-likeness (QED) is 0.631. The van der Waals surface area contributed by atoms with Crippen LogP contribution >= 0.6 is 0 Å². The van der Waals surface area contributed by atoms with E-state index in [4.69, 9.17) is 4.74 Å². The van der Waals surface area contributed by atoms with E-state index >= 15 is 0 Å². The van der Waals surface area contributed by atoms with Crippen LogP contribution in [0.4, 0.5) is 5.69 Å². The molecule has 1 aromatic heterocycles. The number of phenolic OH excluding ortho intramolecular Hbond substituents is 1. The molecule has 0 bridgehead atoms. The highest BCUT2D eigenvalue weighted by Crippen LogP contribution is 2.34. The molecular weight excluding hydrogens is 432 g/mol. The van der Waals surface area contributed by atoms with E-state index in [0.29, 0.717) is 37.5 Å². The first-order valence-electron chi connectivity index (χ1n) is 11.4. The van der Waals surface area contributed by atoms with Gasteiger partial charge in [0.05, 0.1) is 24.6 Å². The first kappa shape index (κ1) is 25.2. The molecule has 0 fully saturated rings. The van der Waals surface area contributed by atoms with Crippen LogP contribution in [0.3, 0.4) is 0 Å². The Morgan fingerprint density at radius 3 is 2.62 bits per heavy atom. The number of fused-ring (bicyclic) bond motifs is 1. The Kier molecular flexibility index (Phi) is 7.94. The molecule has 1 aliphatic rings. The Labute approximate surface area is 201 Å². The van der Waals surface area contributed by atoms with Gasteiger partial charge < -0.3 is 24.5 Å². The summed E-state index contributed by atoms with van der Waals surface area (Å²) in [4.78, 5) is 35.6. The molecule has 1 N–H and O–H groups in total. The molecule has 0 radical (unpaired) electrons. The van der Waals surface area contributed by atoms with E-state index in [2.05, 4.69) is 4.98 Å². The summed E-state index contributed by atoms with van der Waals surface area (Å²) >= 11 is 0. The summed E-state index contributed by atoms with van der Waals surface area (Å²) in [5.41, 5.74) is 3.61. The highest BCUT2D eigenvalue weighted by atomic mass is 16.5. The van der Waals surface area contributed by atoms with Crippen LogP contribution in [-0.2, 0) is 17.8 Å². The number of anilines is 1. The second kappa shape index (κ2) is 10.7. The smallest absolute Gasteiger partial charge is 0.257 e. The fourth-order valence-corrected chi connectivity index (χ4v) is 3.93. The van der Waals surface area contributed by atoms with Gasteiger partial charge in [-0.15, -0.1) is 0 Å². The van der Waals surface area contributed by atoms with Crippen molar-refractivity contribution in [3.8, 4) is 11.5 Å². The van der Waals surface area contributed by atoms with E-state index in [0.717, 1.165) is 16.8 Å². The Morgan fingerprint density at radius 1 is 1.24 bits per heavy atom. The van der Waals surface area contributed by atoms with Gasteiger partial charge in [-0.2, -0.15) is 0 Å². The Hall–Kier alpha value is -3.39. The number of hydrogen-bond acceptors (Lipinski definition) is 6. The molecule has 2 amide bonds. The number of rotatable bonds is 7. The lowest BCUT2D eigenvalue weighted by atomic mass is 9.97. The number of carbonyl (C=O) groups is 2. The van der Waals surface area contributed by atoms with Crippen LogP contribution in [-0.4, -0.2) is 73.0 Å². The van der Waals surface area contributed by atoms with Crippen LogP contribution in [0.5, 0.6) is 11.5 Å². The van der Waals surface area contributed by atoms with Crippen molar-refractivity contribution in [3.05, 3.63) is 58.9 Å². The third-order valence-corrected chi connectivity index (χ3v) is 5.96. The summed E-state index contributed by atoms with van der Waals surface area (Å²) in [6, 6.07) is 5.13. The maximum absolute atomic E-state index is 13.3. The Bertz CT molecular complexity index is 1090. The molecule has 2 heterocycles. The second-order valence-electron chi connectivity index (χ2n) is 9.10. The molecule has 8 nitrogen and oxygen atoms in total. The lowest BCUT2D eigenvalue weighted by Gasteiger charge is -2.30. The van der Waals surface area contributed by atoms with E-state index in [9.17, 15) is 14.7 Å². The van der Waals surface area contributed by atoms with Crippen LogP contribution in [0, 0.1) is 0 Å². The second-order valence-corrected chi connectivity index (χ2v) is 9.10. The molecule has 0 saturated heterocycles. The van der Waals surface area contributed by atoms with Gasteiger partial charge in [-0.25, -0.2) is 0 Å². The summed E-state index contributed by atoms with van der Waals surface area (Å²) in [5, 5.41) is 10.5. The number of pyridine rings is 1. The van der Waals surface area contributed by atoms with Gasteiger partial charge in [0.2, 0.25) is 5.91 Å². The Morgan fingerprint density at radius 2 is 1.97 bits per heavy atom. The fourth-order valence-electron chi connectivity index (χ4n) is 3.93. The van der Waals surface area contributed by atoms with Crippen LogP contribution in [0.25, 0.3) is 0 Å². The molecule has 8 heteroatoms. The molecule has 0 saturated carbocycles.